The van der Waals surface area contributed by atoms with Crippen molar-refractivity contribution in [3.63, 3.8) is 0 Å². The van der Waals surface area contributed by atoms with Gasteiger partial charge in [0.1, 0.15) is 4.90 Å². The van der Waals surface area contributed by atoms with Crippen LogP contribution in [-0.2, 0) is 28.9 Å². The van der Waals surface area contributed by atoms with E-state index in [9.17, 15) is 13.2 Å². The minimum atomic E-state index is -3.66. The highest BCUT2D eigenvalue weighted by Gasteiger charge is 2.35. The van der Waals surface area contributed by atoms with Crippen molar-refractivity contribution < 1.29 is 13.2 Å². The van der Waals surface area contributed by atoms with Gasteiger partial charge >= 0.3 is 0 Å². The second kappa shape index (κ2) is 6.84. The van der Waals surface area contributed by atoms with Crippen LogP contribution in [0.4, 0.5) is 5.69 Å². The van der Waals surface area contributed by atoms with Gasteiger partial charge in [-0.25, -0.2) is 8.42 Å². The number of piperidine rings is 1. The van der Waals surface area contributed by atoms with Gasteiger partial charge in [0.2, 0.25) is 15.9 Å². The summed E-state index contributed by atoms with van der Waals surface area (Å²) in [4.78, 5) is 12.8. The monoisotopic (exact) mass is 380 g/mol. The van der Waals surface area contributed by atoms with E-state index in [1.165, 1.54) is 15.2 Å². The van der Waals surface area contributed by atoms with Crippen molar-refractivity contribution in [2.24, 2.45) is 20.0 Å². The number of nitrogens with zero attached hydrogens (tertiary/aromatic N) is 5. The molecule has 0 radical (unpaired) electrons. The number of nitrogens with one attached hydrogen (secondary N) is 1. The molecule has 3 heterocycles. The molecule has 9 nitrogen and oxygen atoms in total. The van der Waals surface area contributed by atoms with Crippen LogP contribution >= 0.6 is 0 Å². The lowest BCUT2D eigenvalue weighted by atomic mass is 9.99. The average Bonchev–Trinajstić information content (AvgIpc) is 3.12. The van der Waals surface area contributed by atoms with Gasteiger partial charge in [-0.15, -0.1) is 0 Å². The normalized spacial score (nSPS) is 18.8. The van der Waals surface area contributed by atoms with Crippen molar-refractivity contribution in [3.05, 3.63) is 23.8 Å². The topological polar surface area (TPSA) is 102 Å². The smallest absolute Gasteiger partial charge is 0.246 e. The number of aryl methyl sites for hydroxylation is 2. The molecule has 1 aliphatic heterocycles. The summed E-state index contributed by atoms with van der Waals surface area (Å²) in [5.41, 5.74) is 2.09. The van der Waals surface area contributed by atoms with Crippen molar-refractivity contribution in [1.29, 1.82) is 0 Å². The van der Waals surface area contributed by atoms with Crippen LogP contribution in [0, 0.1) is 19.8 Å². The molecule has 1 amide bonds. The van der Waals surface area contributed by atoms with Crippen molar-refractivity contribution in [2.45, 2.75) is 31.6 Å². The van der Waals surface area contributed by atoms with E-state index in [4.69, 9.17) is 0 Å². The largest absolute Gasteiger partial charge is 0.323 e. The first-order chi connectivity index (χ1) is 12.2. The summed E-state index contributed by atoms with van der Waals surface area (Å²) in [5, 5.41) is 11.0. The summed E-state index contributed by atoms with van der Waals surface area (Å²) in [6, 6.07) is 0. The maximum Gasteiger partial charge on any atom is 0.246 e. The van der Waals surface area contributed by atoms with E-state index in [1.54, 1.807) is 31.9 Å². The molecule has 1 fully saturated rings. The van der Waals surface area contributed by atoms with Crippen molar-refractivity contribution >= 4 is 21.6 Å². The molecule has 3 rings (SSSR count). The zero-order chi connectivity index (χ0) is 19.1. The maximum atomic E-state index is 12.9. The van der Waals surface area contributed by atoms with Gasteiger partial charge in [0, 0.05) is 27.2 Å². The second-order valence-electron chi connectivity index (χ2n) is 6.68. The number of sulfonamides is 1. The first-order valence-electron chi connectivity index (χ1n) is 8.50. The molecule has 0 saturated carbocycles. The molecule has 1 aliphatic rings. The Hall–Kier alpha value is -2.20. The molecule has 2 aromatic heterocycles. The fraction of sp³-hybridized carbons (Fsp3) is 0.562. The standard InChI is InChI=1S/C16H24N6O3S/c1-11-14(8-17-20(11)3)19-16(23)13-6-5-7-22(10-13)26(24,25)15-9-18-21(4)12(15)2/h8-9,13H,5-7,10H2,1-4H3,(H,19,23)/t13-/m0/s1. The number of amides is 1. The number of carbonyl (C=O) groups excluding carboxylic acids is 1. The Kier molecular flexibility index (Phi) is 4.89. The zero-order valence-electron chi connectivity index (χ0n) is 15.4. The lowest BCUT2D eigenvalue weighted by molar-refractivity contribution is -0.120. The van der Waals surface area contributed by atoms with Crippen LogP contribution < -0.4 is 5.32 Å². The summed E-state index contributed by atoms with van der Waals surface area (Å²) in [5.74, 6) is -0.570. The summed E-state index contributed by atoms with van der Waals surface area (Å²) in [6.45, 7) is 4.17. The fourth-order valence-electron chi connectivity index (χ4n) is 3.10. The highest BCUT2D eigenvalue weighted by Crippen LogP contribution is 2.26. The van der Waals surface area contributed by atoms with Crippen molar-refractivity contribution in [3.8, 4) is 0 Å². The van der Waals surface area contributed by atoms with Crippen LogP contribution in [0.15, 0.2) is 17.3 Å². The Labute approximate surface area is 153 Å². The predicted octanol–water partition coefficient (Wildman–Crippen LogP) is 0.810. The van der Waals surface area contributed by atoms with E-state index in [-0.39, 0.29) is 17.3 Å². The van der Waals surface area contributed by atoms with E-state index in [0.717, 1.165) is 5.69 Å². The van der Waals surface area contributed by atoms with Crippen LogP contribution in [0.2, 0.25) is 0 Å². The molecule has 2 aromatic rings. The Morgan fingerprint density at radius 2 is 1.81 bits per heavy atom. The fourth-order valence-corrected chi connectivity index (χ4v) is 4.81. The van der Waals surface area contributed by atoms with E-state index in [0.29, 0.717) is 30.8 Å². The number of carbonyl (C=O) groups is 1. The number of rotatable bonds is 4. The van der Waals surface area contributed by atoms with Crippen LogP contribution in [0.1, 0.15) is 24.2 Å². The van der Waals surface area contributed by atoms with E-state index < -0.39 is 15.9 Å². The van der Waals surface area contributed by atoms with Gasteiger partial charge in [-0.2, -0.15) is 14.5 Å². The van der Waals surface area contributed by atoms with Gasteiger partial charge in [-0.05, 0) is 26.7 Å². The Bertz CT molecular complexity index is 930. The van der Waals surface area contributed by atoms with E-state index in [1.807, 2.05) is 6.92 Å². The zero-order valence-corrected chi connectivity index (χ0v) is 16.2. The van der Waals surface area contributed by atoms with Crippen LogP contribution in [0.5, 0.6) is 0 Å². The van der Waals surface area contributed by atoms with Gasteiger partial charge in [-0.1, -0.05) is 0 Å². The van der Waals surface area contributed by atoms with Crippen molar-refractivity contribution in [1.82, 2.24) is 23.9 Å². The number of hydrogen-bond donors (Lipinski definition) is 1. The Morgan fingerprint density at radius 1 is 1.15 bits per heavy atom. The summed E-state index contributed by atoms with van der Waals surface area (Å²) >= 11 is 0. The quantitative estimate of drug-likeness (QED) is 0.846. The molecule has 26 heavy (non-hydrogen) atoms. The second-order valence-corrected chi connectivity index (χ2v) is 8.58. The SMILES string of the molecule is Cc1c(NC(=O)[C@H]2CCCN(S(=O)(=O)c3cnn(C)c3C)C2)cnn1C. The summed E-state index contributed by atoms with van der Waals surface area (Å²) < 4.78 is 30.5. The van der Waals surface area contributed by atoms with Crippen molar-refractivity contribution in [2.75, 3.05) is 18.4 Å². The molecular formula is C16H24N6O3S. The van der Waals surface area contributed by atoms with Gasteiger partial charge in [0.25, 0.3) is 0 Å². The molecule has 0 bridgehead atoms. The molecule has 10 heteroatoms. The molecule has 1 atom stereocenters. The molecule has 0 unspecified atom stereocenters. The number of aromatic nitrogens is 4. The molecule has 0 aliphatic carbocycles. The van der Waals surface area contributed by atoms with Crippen LogP contribution in [-0.4, -0.2) is 51.3 Å². The van der Waals surface area contributed by atoms with E-state index in [2.05, 4.69) is 15.5 Å². The molecule has 1 N–H and O–H groups in total. The minimum Gasteiger partial charge on any atom is -0.323 e. The number of hydrogen-bond acceptors (Lipinski definition) is 5. The first-order valence-corrected chi connectivity index (χ1v) is 9.94. The predicted molar refractivity (Wildman–Crippen MR) is 96.0 cm³/mol. The third-order valence-electron chi connectivity index (χ3n) is 5.06. The van der Waals surface area contributed by atoms with Crippen LogP contribution in [0.25, 0.3) is 0 Å². The van der Waals surface area contributed by atoms with Crippen LogP contribution in [0.3, 0.4) is 0 Å². The molecule has 0 aromatic carbocycles. The highest BCUT2D eigenvalue weighted by atomic mass is 32.2. The van der Waals surface area contributed by atoms with Gasteiger partial charge in [-0.3, -0.25) is 14.2 Å². The van der Waals surface area contributed by atoms with E-state index >= 15 is 0 Å². The molecule has 142 valence electrons. The Morgan fingerprint density at radius 3 is 2.38 bits per heavy atom. The summed E-state index contributed by atoms with van der Waals surface area (Å²) in [7, 11) is -0.155. The lowest BCUT2D eigenvalue weighted by Crippen LogP contribution is -2.43. The summed E-state index contributed by atoms with van der Waals surface area (Å²) in [6.07, 6.45) is 4.27. The third kappa shape index (κ3) is 3.26. The average molecular weight is 380 g/mol. The van der Waals surface area contributed by atoms with Gasteiger partial charge in [0.05, 0.1) is 35.4 Å². The molecular weight excluding hydrogens is 356 g/mol. The number of anilines is 1. The highest BCUT2D eigenvalue weighted by molar-refractivity contribution is 7.89. The van der Waals surface area contributed by atoms with Gasteiger partial charge < -0.3 is 5.32 Å². The third-order valence-corrected chi connectivity index (χ3v) is 7.02. The first kappa shape index (κ1) is 18.6. The Balaban J connectivity index is 1.75. The molecule has 0 spiro atoms. The van der Waals surface area contributed by atoms with Gasteiger partial charge in [0.15, 0.2) is 0 Å². The molecule has 1 saturated heterocycles. The minimum absolute atomic E-state index is 0.168. The lowest BCUT2D eigenvalue weighted by Gasteiger charge is -2.31. The maximum absolute atomic E-state index is 12.9.